The number of sulfonamides is 1. The lowest BCUT2D eigenvalue weighted by molar-refractivity contribution is 0.102. The van der Waals surface area contributed by atoms with Crippen molar-refractivity contribution in [3.05, 3.63) is 53.3 Å². The summed E-state index contributed by atoms with van der Waals surface area (Å²) in [6.07, 6.45) is -2.53. The van der Waals surface area contributed by atoms with Crippen molar-refractivity contribution in [2.75, 3.05) is 25.6 Å². The van der Waals surface area contributed by atoms with Crippen molar-refractivity contribution < 1.29 is 35.9 Å². The second-order valence-electron chi connectivity index (χ2n) is 6.54. The maximum atomic E-state index is 13.5. The Kier molecular flexibility index (Phi) is 6.64. The Hall–Kier alpha value is -2.63. The Morgan fingerprint density at radius 1 is 1.23 bits per heavy atom. The fourth-order valence-electron chi connectivity index (χ4n) is 2.93. The molecule has 1 aliphatic rings. The van der Waals surface area contributed by atoms with Crippen LogP contribution < -0.4 is 14.8 Å². The summed E-state index contributed by atoms with van der Waals surface area (Å²) in [5.41, 5.74) is -1.07. The van der Waals surface area contributed by atoms with E-state index in [-0.39, 0.29) is 34.5 Å². The maximum Gasteiger partial charge on any atom is 0.266 e. The summed E-state index contributed by atoms with van der Waals surface area (Å²) < 4.78 is 77.2. The highest BCUT2D eigenvalue weighted by Gasteiger charge is 2.25. The molecular weight excluding hydrogens is 425 g/mol. The van der Waals surface area contributed by atoms with Gasteiger partial charge in [-0.2, -0.15) is 0 Å². The van der Waals surface area contributed by atoms with Crippen LogP contribution in [-0.4, -0.2) is 40.7 Å². The van der Waals surface area contributed by atoms with E-state index in [2.05, 4.69) is 10.0 Å². The van der Waals surface area contributed by atoms with E-state index in [4.69, 9.17) is 9.47 Å². The predicted molar refractivity (Wildman–Crippen MR) is 102 cm³/mol. The Morgan fingerprint density at radius 2 is 2.00 bits per heavy atom. The molecule has 0 aliphatic carbocycles. The number of carbonyl (C=O) groups excluding carboxylic acids is 1. The first-order chi connectivity index (χ1) is 14.2. The van der Waals surface area contributed by atoms with Crippen LogP contribution in [0.25, 0.3) is 0 Å². The van der Waals surface area contributed by atoms with Gasteiger partial charge >= 0.3 is 0 Å². The number of hydrogen-bond donors (Lipinski definition) is 2. The molecule has 0 bridgehead atoms. The molecule has 30 heavy (non-hydrogen) atoms. The number of ether oxygens (including phenoxy) is 2. The Labute approximate surface area is 171 Å². The second kappa shape index (κ2) is 9.02. The summed E-state index contributed by atoms with van der Waals surface area (Å²) in [6, 6.07) is 6.07. The number of amides is 1. The minimum atomic E-state index is -3.94. The summed E-state index contributed by atoms with van der Waals surface area (Å²) in [6.45, 7) is 0.696. The van der Waals surface area contributed by atoms with E-state index in [0.717, 1.165) is 24.3 Å². The van der Waals surface area contributed by atoms with E-state index in [9.17, 15) is 26.4 Å². The van der Waals surface area contributed by atoms with Gasteiger partial charge in [0.25, 0.3) is 12.3 Å². The summed E-state index contributed by atoms with van der Waals surface area (Å²) >= 11 is 0. The highest BCUT2D eigenvalue weighted by atomic mass is 32.2. The van der Waals surface area contributed by atoms with E-state index >= 15 is 0 Å². The van der Waals surface area contributed by atoms with Gasteiger partial charge in [0.15, 0.2) is 0 Å². The van der Waals surface area contributed by atoms with Crippen molar-refractivity contribution in [3.63, 3.8) is 0 Å². The first kappa shape index (κ1) is 22.1. The fourth-order valence-corrected chi connectivity index (χ4v) is 4.21. The first-order valence-electron chi connectivity index (χ1n) is 8.88. The van der Waals surface area contributed by atoms with Crippen molar-refractivity contribution in [2.24, 2.45) is 0 Å². The van der Waals surface area contributed by atoms with Gasteiger partial charge in [0.2, 0.25) is 10.0 Å². The lowest BCUT2D eigenvalue weighted by atomic mass is 10.1. The molecule has 1 saturated heterocycles. The molecule has 3 rings (SSSR count). The van der Waals surface area contributed by atoms with E-state index < -0.39 is 33.7 Å². The second-order valence-corrected chi connectivity index (χ2v) is 8.25. The van der Waals surface area contributed by atoms with E-state index in [1.54, 1.807) is 0 Å². The molecule has 1 amide bonds. The third kappa shape index (κ3) is 4.91. The Morgan fingerprint density at radius 3 is 2.63 bits per heavy atom. The largest absolute Gasteiger partial charge is 0.496 e. The smallest absolute Gasteiger partial charge is 0.266 e. The summed E-state index contributed by atoms with van der Waals surface area (Å²) in [5.74, 6) is -1.83. The average molecular weight is 444 g/mol. The zero-order valence-corrected chi connectivity index (χ0v) is 16.6. The van der Waals surface area contributed by atoms with Crippen LogP contribution in [0.15, 0.2) is 41.3 Å². The van der Waals surface area contributed by atoms with Crippen molar-refractivity contribution in [1.82, 2.24) is 4.72 Å². The summed E-state index contributed by atoms with van der Waals surface area (Å²) in [4.78, 5) is 12.5. The Balaban J connectivity index is 1.88. The third-order valence-electron chi connectivity index (χ3n) is 4.47. The van der Waals surface area contributed by atoms with Gasteiger partial charge < -0.3 is 14.8 Å². The normalized spacial score (nSPS) is 16.6. The van der Waals surface area contributed by atoms with Crippen LogP contribution in [-0.2, 0) is 14.8 Å². The molecule has 11 heteroatoms. The topological polar surface area (TPSA) is 93.7 Å². The minimum absolute atomic E-state index is 0.0757. The number of hydrogen-bond acceptors (Lipinski definition) is 5. The van der Waals surface area contributed by atoms with Crippen molar-refractivity contribution in [2.45, 2.75) is 23.8 Å². The highest BCUT2D eigenvalue weighted by Crippen LogP contribution is 2.27. The van der Waals surface area contributed by atoms with Gasteiger partial charge in [0, 0.05) is 18.3 Å². The maximum absolute atomic E-state index is 13.5. The standard InChI is InChI=1S/C19H19F3N2O5S/c1-28-17-5-3-13(30(26,27)24-12-6-7-29-10-12)9-15(17)19(25)23-11-2-4-16(20)14(8-11)18(21)22/h2-5,8-9,12,18,24H,6-7,10H2,1H3,(H,23,25). The van der Waals surface area contributed by atoms with Gasteiger partial charge in [-0.15, -0.1) is 0 Å². The number of alkyl halides is 2. The Bertz CT molecular complexity index is 1040. The molecule has 2 aromatic carbocycles. The van der Waals surface area contributed by atoms with Crippen molar-refractivity contribution in [3.8, 4) is 5.75 Å². The van der Waals surface area contributed by atoms with Gasteiger partial charge in [-0.25, -0.2) is 26.3 Å². The number of rotatable bonds is 7. The van der Waals surface area contributed by atoms with E-state index in [1.165, 1.54) is 19.2 Å². The number of benzene rings is 2. The van der Waals surface area contributed by atoms with E-state index in [0.29, 0.717) is 13.0 Å². The predicted octanol–water partition coefficient (Wildman–Crippen LogP) is 3.09. The van der Waals surface area contributed by atoms with Gasteiger partial charge in [-0.05, 0) is 42.8 Å². The van der Waals surface area contributed by atoms with Crippen LogP contribution in [0.4, 0.5) is 18.9 Å². The number of carbonyl (C=O) groups is 1. The molecule has 2 aromatic rings. The van der Waals surface area contributed by atoms with Crippen LogP contribution in [0, 0.1) is 5.82 Å². The van der Waals surface area contributed by atoms with Crippen LogP contribution in [0.5, 0.6) is 5.75 Å². The SMILES string of the molecule is COc1ccc(S(=O)(=O)NC2CCOC2)cc1C(=O)Nc1ccc(F)c(C(F)F)c1. The molecule has 0 saturated carbocycles. The molecule has 7 nitrogen and oxygen atoms in total. The quantitative estimate of drug-likeness (QED) is 0.685. The molecule has 1 aliphatic heterocycles. The average Bonchev–Trinajstić information content (AvgIpc) is 3.20. The number of anilines is 1. The molecule has 162 valence electrons. The molecule has 0 spiro atoms. The molecule has 1 heterocycles. The van der Waals surface area contributed by atoms with Crippen LogP contribution >= 0.6 is 0 Å². The molecule has 1 fully saturated rings. The van der Waals surface area contributed by atoms with Gasteiger partial charge in [-0.1, -0.05) is 0 Å². The molecular formula is C19H19F3N2O5S. The summed E-state index contributed by atoms with van der Waals surface area (Å²) in [7, 11) is -2.64. The van der Waals surface area contributed by atoms with Gasteiger partial charge in [-0.3, -0.25) is 4.79 Å². The fraction of sp³-hybridized carbons (Fsp3) is 0.316. The summed E-state index contributed by atoms with van der Waals surface area (Å²) in [5, 5.41) is 2.35. The first-order valence-corrected chi connectivity index (χ1v) is 10.4. The number of nitrogens with one attached hydrogen (secondary N) is 2. The molecule has 1 unspecified atom stereocenters. The zero-order chi connectivity index (χ0) is 21.9. The van der Waals surface area contributed by atoms with Crippen molar-refractivity contribution in [1.29, 1.82) is 0 Å². The molecule has 2 N–H and O–H groups in total. The highest BCUT2D eigenvalue weighted by molar-refractivity contribution is 7.89. The lowest BCUT2D eigenvalue weighted by Crippen LogP contribution is -2.35. The number of methoxy groups -OCH3 is 1. The van der Waals surface area contributed by atoms with Gasteiger partial charge in [0.05, 0.1) is 29.7 Å². The van der Waals surface area contributed by atoms with Crippen molar-refractivity contribution >= 4 is 21.6 Å². The lowest BCUT2D eigenvalue weighted by Gasteiger charge is -2.14. The zero-order valence-electron chi connectivity index (χ0n) is 15.8. The molecule has 1 atom stereocenters. The van der Waals surface area contributed by atoms with Crippen LogP contribution in [0.1, 0.15) is 28.8 Å². The number of halogens is 3. The third-order valence-corrected chi connectivity index (χ3v) is 5.98. The van der Waals surface area contributed by atoms with Gasteiger partial charge in [0.1, 0.15) is 11.6 Å². The molecule has 0 radical (unpaired) electrons. The molecule has 0 aromatic heterocycles. The minimum Gasteiger partial charge on any atom is -0.496 e. The monoisotopic (exact) mass is 444 g/mol. The van der Waals surface area contributed by atoms with E-state index in [1.807, 2.05) is 0 Å². The van der Waals surface area contributed by atoms with Crippen LogP contribution in [0.3, 0.4) is 0 Å². The van der Waals surface area contributed by atoms with Crippen LogP contribution in [0.2, 0.25) is 0 Å².